The fourth-order valence-electron chi connectivity index (χ4n) is 2.00. The van der Waals surface area contributed by atoms with Crippen molar-refractivity contribution in [3.05, 3.63) is 0 Å². The van der Waals surface area contributed by atoms with Crippen molar-refractivity contribution in [2.24, 2.45) is 0 Å². The van der Waals surface area contributed by atoms with E-state index >= 15 is 0 Å². The number of amides is 1. The van der Waals surface area contributed by atoms with E-state index in [1.54, 1.807) is 0 Å². The molecule has 12 heavy (non-hydrogen) atoms. The second kappa shape index (κ2) is 2.89. The molecule has 0 saturated carbocycles. The van der Waals surface area contributed by atoms with Crippen LogP contribution in [0.2, 0.25) is 0 Å². The lowest BCUT2D eigenvalue weighted by Gasteiger charge is -2.39. The number of hydrogen-bond donors (Lipinski definition) is 1. The Morgan fingerprint density at radius 3 is 2.75 bits per heavy atom. The van der Waals surface area contributed by atoms with Gasteiger partial charge in [0.05, 0.1) is 0 Å². The molecule has 1 amide bonds. The Balaban J connectivity index is 1.93. The lowest BCUT2D eigenvalue weighted by Crippen LogP contribution is -2.58. The number of nitrogens with zero attached hydrogens (tertiary/aromatic N) is 1. The van der Waals surface area contributed by atoms with E-state index in [4.69, 9.17) is 11.6 Å². The summed E-state index contributed by atoms with van der Waals surface area (Å²) in [5, 5.41) is 3.39. The molecule has 2 rings (SSSR count). The minimum absolute atomic E-state index is 0.0715. The van der Waals surface area contributed by atoms with Crippen LogP contribution < -0.4 is 5.32 Å². The van der Waals surface area contributed by atoms with Crippen LogP contribution in [-0.2, 0) is 4.79 Å². The Bertz CT molecular complexity index is 203. The van der Waals surface area contributed by atoms with Crippen molar-refractivity contribution in [3.8, 4) is 0 Å². The number of nitrogens with one attached hydrogen (secondary N) is 1. The first-order valence-corrected chi connectivity index (χ1v) is 4.88. The molecule has 0 unspecified atom stereocenters. The monoisotopic (exact) mass is 188 g/mol. The van der Waals surface area contributed by atoms with Crippen LogP contribution in [0.4, 0.5) is 0 Å². The molecule has 1 N–H and O–H groups in total. The van der Waals surface area contributed by atoms with E-state index in [1.807, 2.05) is 4.90 Å². The third-order valence-corrected chi connectivity index (χ3v) is 3.15. The van der Waals surface area contributed by atoms with Crippen molar-refractivity contribution < 1.29 is 4.79 Å². The van der Waals surface area contributed by atoms with Gasteiger partial charge in [-0.2, -0.15) is 0 Å². The fraction of sp³-hybridized carbons (Fsp3) is 0.875. The zero-order valence-corrected chi connectivity index (χ0v) is 7.73. The van der Waals surface area contributed by atoms with Gasteiger partial charge in [-0.3, -0.25) is 4.79 Å². The van der Waals surface area contributed by atoms with Gasteiger partial charge in [0.15, 0.2) is 0 Å². The van der Waals surface area contributed by atoms with Crippen LogP contribution in [0, 0.1) is 0 Å². The molecule has 2 aliphatic heterocycles. The first-order valence-electron chi connectivity index (χ1n) is 4.35. The van der Waals surface area contributed by atoms with Gasteiger partial charge in [0, 0.05) is 18.6 Å². The number of halogens is 1. The van der Waals surface area contributed by atoms with Gasteiger partial charge in [-0.15, -0.1) is 11.6 Å². The highest BCUT2D eigenvalue weighted by Crippen LogP contribution is 2.29. The van der Waals surface area contributed by atoms with Gasteiger partial charge in [0.2, 0.25) is 5.91 Å². The number of carbonyl (C=O) groups excluding carboxylic acids is 1. The minimum Gasteiger partial charge on any atom is -0.340 e. The molecule has 2 fully saturated rings. The summed E-state index contributed by atoms with van der Waals surface area (Å²) >= 11 is 5.47. The van der Waals surface area contributed by atoms with E-state index in [0.29, 0.717) is 0 Å². The van der Waals surface area contributed by atoms with Gasteiger partial charge in [0.25, 0.3) is 0 Å². The average molecular weight is 189 g/mol. The highest BCUT2D eigenvalue weighted by molar-refractivity contribution is 6.27. The van der Waals surface area contributed by atoms with Crippen LogP contribution in [0.15, 0.2) is 0 Å². The standard InChI is InChI=1S/C8H13ClN2O/c9-5-7(12)11-4-2-8(6-11)1-3-10-8/h10H,1-6H2/t8-/m1/s1. The number of alkyl halides is 1. The lowest BCUT2D eigenvalue weighted by atomic mass is 9.87. The largest absolute Gasteiger partial charge is 0.340 e. The summed E-state index contributed by atoms with van der Waals surface area (Å²) in [5.74, 6) is 0.193. The smallest absolute Gasteiger partial charge is 0.237 e. The summed E-state index contributed by atoms with van der Waals surface area (Å²) in [6.07, 6.45) is 2.30. The number of rotatable bonds is 1. The maximum absolute atomic E-state index is 11.2. The molecule has 3 nitrogen and oxygen atoms in total. The number of likely N-dealkylation sites (tertiary alicyclic amines) is 1. The molecule has 1 atom stereocenters. The van der Waals surface area contributed by atoms with Gasteiger partial charge >= 0.3 is 0 Å². The Kier molecular flexibility index (Phi) is 2.00. The molecule has 0 aromatic heterocycles. The highest BCUT2D eigenvalue weighted by Gasteiger charge is 2.43. The summed E-state index contributed by atoms with van der Waals surface area (Å²) in [6.45, 7) is 2.83. The fourth-order valence-corrected chi connectivity index (χ4v) is 2.17. The van der Waals surface area contributed by atoms with E-state index in [-0.39, 0.29) is 17.3 Å². The van der Waals surface area contributed by atoms with Crippen LogP contribution in [0.1, 0.15) is 12.8 Å². The molecular weight excluding hydrogens is 176 g/mol. The molecule has 2 saturated heterocycles. The molecule has 1 spiro atoms. The van der Waals surface area contributed by atoms with Crippen LogP contribution in [-0.4, -0.2) is 41.9 Å². The van der Waals surface area contributed by atoms with Crippen molar-refractivity contribution in [1.82, 2.24) is 10.2 Å². The van der Waals surface area contributed by atoms with E-state index in [1.165, 1.54) is 6.42 Å². The Morgan fingerprint density at radius 2 is 2.33 bits per heavy atom. The van der Waals surface area contributed by atoms with E-state index in [0.717, 1.165) is 26.1 Å². The molecule has 0 radical (unpaired) electrons. The van der Waals surface area contributed by atoms with Crippen molar-refractivity contribution in [3.63, 3.8) is 0 Å². The summed E-state index contributed by atoms with van der Waals surface area (Å²) in [7, 11) is 0. The van der Waals surface area contributed by atoms with Crippen LogP contribution in [0.3, 0.4) is 0 Å². The summed E-state index contributed by atoms with van der Waals surface area (Å²) in [4.78, 5) is 13.1. The molecule has 0 bridgehead atoms. The van der Waals surface area contributed by atoms with Gasteiger partial charge in [0.1, 0.15) is 5.88 Å². The van der Waals surface area contributed by atoms with Crippen LogP contribution >= 0.6 is 11.6 Å². The first kappa shape index (κ1) is 8.32. The van der Waals surface area contributed by atoms with E-state index in [9.17, 15) is 4.79 Å². The van der Waals surface area contributed by atoms with Gasteiger partial charge in [-0.25, -0.2) is 0 Å². The Labute approximate surface area is 77.1 Å². The van der Waals surface area contributed by atoms with Crippen molar-refractivity contribution in [2.45, 2.75) is 18.4 Å². The number of hydrogen-bond acceptors (Lipinski definition) is 2. The van der Waals surface area contributed by atoms with Crippen molar-refractivity contribution in [2.75, 3.05) is 25.5 Å². The maximum Gasteiger partial charge on any atom is 0.237 e. The quantitative estimate of drug-likeness (QED) is 0.596. The SMILES string of the molecule is O=C(CCl)N1CC[C@]2(CCN2)C1. The summed E-state index contributed by atoms with van der Waals surface area (Å²) in [6, 6.07) is 0. The Hall–Kier alpha value is -0.280. The zero-order chi connectivity index (χ0) is 8.60. The first-order chi connectivity index (χ1) is 5.76. The molecule has 0 aromatic carbocycles. The maximum atomic E-state index is 11.2. The topological polar surface area (TPSA) is 32.3 Å². The van der Waals surface area contributed by atoms with E-state index in [2.05, 4.69) is 5.32 Å². The predicted molar refractivity (Wildman–Crippen MR) is 47.3 cm³/mol. The predicted octanol–water partition coefficient (Wildman–Crippen LogP) is 0.190. The number of carbonyl (C=O) groups is 1. The van der Waals surface area contributed by atoms with Gasteiger partial charge in [-0.1, -0.05) is 0 Å². The van der Waals surface area contributed by atoms with E-state index < -0.39 is 0 Å². The molecule has 68 valence electrons. The Morgan fingerprint density at radius 1 is 1.58 bits per heavy atom. The molecule has 0 aromatic rings. The third-order valence-electron chi connectivity index (χ3n) is 2.92. The molecular formula is C8H13ClN2O. The second-order valence-electron chi connectivity index (χ2n) is 3.66. The second-order valence-corrected chi connectivity index (χ2v) is 3.92. The molecule has 2 heterocycles. The van der Waals surface area contributed by atoms with Crippen LogP contribution in [0.25, 0.3) is 0 Å². The molecule has 2 aliphatic rings. The lowest BCUT2D eigenvalue weighted by molar-refractivity contribution is -0.127. The van der Waals surface area contributed by atoms with Gasteiger partial charge < -0.3 is 10.2 Å². The van der Waals surface area contributed by atoms with Gasteiger partial charge in [-0.05, 0) is 19.4 Å². The summed E-state index contributed by atoms with van der Waals surface area (Å²) in [5.41, 5.74) is 0.266. The average Bonchev–Trinajstić information content (AvgIpc) is 2.46. The highest BCUT2D eigenvalue weighted by atomic mass is 35.5. The molecule has 0 aliphatic carbocycles. The minimum atomic E-state index is 0.0715. The molecule has 4 heteroatoms. The van der Waals surface area contributed by atoms with Crippen molar-refractivity contribution >= 4 is 17.5 Å². The summed E-state index contributed by atoms with van der Waals surface area (Å²) < 4.78 is 0. The third kappa shape index (κ3) is 1.21. The normalized spacial score (nSPS) is 33.9. The zero-order valence-electron chi connectivity index (χ0n) is 6.98. The van der Waals surface area contributed by atoms with Crippen molar-refractivity contribution in [1.29, 1.82) is 0 Å². The van der Waals surface area contributed by atoms with Crippen LogP contribution in [0.5, 0.6) is 0 Å².